The van der Waals surface area contributed by atoms with Gasteiger partial charge in [-0.05, 0) is 347 Å². The molecule has 0 aromatic rings. The molecule has 0 saturated heterocycles. The summed E-state index contributed by atoms with van der Waals surface area (Å²) < 4.78 is 0. The van der Waals surface area contributed by atoms with E-state index < -0.39 is 0 Å². The first-order valence-electron chi connectivity index (χ1n) is 35.3. The molecular formula is C72H112O6Zr. The number of fused-ring (bicyclic) bond motifs is 20. The maximum atomic E-state index is 11.1. The summed E-state index contributed by atoms with van der Waals surface area (Å²) in [5, 5.41) is 0. The zero-order valence-electron chi connectivity index (χ0n) is 49.7. The molecule has 0 radical (unpaired) electrons. The quantitative estimate of drug-likeness (QED) is 0.260. The van der Waals surface area contributed by atoms with Crippen LogP contribution >= 0.6 is 0 Å². The predicted molar refractivity (Wildman–Crippen MR) is 308 cm³/mol. The van der Waals surface area contributed by atoms with Crippen LogP contribution in [0, 0.1) is 166 Å². The molecule has 0 aromatic carbocycles. The third kappa shape index (κ3) is 12.6. The summed E-state index contributed by atoms with van der Waals surface area (Å²) in [6.07, 6.45) is 62.5. The van der Waals surface area contributed by atoms with Gasteiger partial charge in [-0.1, -0.05) is 51.4 Å². The Morgan fingerprint density at radius 3 is 0.532 bits per heavy atom. The van der Waals surface area contributed by atoms with Gasteiger partial charge in [0.25, 0.3) is 0 Å². The topological polar surface area (TPSA) is 125 Å². The van der Waals surface area contributed by atoms with Crippen molar-refractivity contribution in [2.24, 2.45) is 166 Å². The van der Waals surface area contributed by atoms with E-state index in [0.29, 0.717) is 23.7 Å². The average molecular weight is 1160 g/mol. The van der Waals surface area contributed by atoms with Crippen LogP contribution in [-0.4, -0.2) is 25.1 Å². The number of hydrogen-bond acceptors (Lipinski definition) is 4. The summed E-state index contributed by atoms with van der Waals surface area (Å²) in [7, 11) is 0. The van der Waals surface area contributed by atoms with Crippen molar-refractivity contribution in [1.29, 1.82) is 0 Å². The molecule has 16 aliphatic rings. The SMILES string of the molecule is O=CC1CCC2C(CCC3C4CCCC4CCC23)C1.O=CC1CCC2C(CCC3C4CCCC4CCC23)C1.O=CC1CCC2C(CCC3C4CCCC4CCC23)C1.O=CC1CCC2C(CCC3C4CCCC4CCC23)C1.[O-2].[O-2].[Zr+4]. The smallest absolute Gasteiger partial charge is 2.00 e. The largest absolute Gasteiger partial charge is 4.00 e. The molecule has 0 aliphatic heterocycles. The van der Waals surface area contributed by atoms with Gasteiger partial charge in [0.1, 0.15) is 25.1 Å². The Hall–Kier alpha value is -0.517. The third-order valence-electron chi connectivity index (χ3n) is 29.5. The summed E-state index contributed by atoms with van der Waals surface area (Å²) >= 11 is 0. The summed E-state index contributed by atoms with van der Waals surface area (Å²) in [6, 6.07) is 0. The monoisotopic (exact) mass is 1160 g/mol. The van der Waals surface area contributed by atoms with Crippen molar-refractivity contribution in [3.05, 3.63) is 0 Å². The molecule has 0 spiro atoms. The van der Waals surface area contributed by atoms with Crippen LogP contribution in [-0.2, 0) is 56.3 Å². The molecule has 7 heteroatoms. The van der Waals surface area contributed by atoms with E-state index in [1.165, 1.54) is 256 Å². The van der Waals surface area contributed by atoms with Crippen LogP contribution in [0.2, 0.25) is 0 Å². The minimum atomic E-state index is 0. The molecule has 28 unspecified atom stereocenters. The Morgan fingerprint density at radius 2 is 0.342 bits per heavy atom. The molecule has 0 heterocycles. The molecule has 440 valence electrons. The van der Waals surface area contributed by atoms with Gasteiger partial charge in [0, 0.05) is 23.7 Å². The van der Waals surface area contributed by atoms with Crippen molar-refractivity contribution in [3.8, 4) is 0 Å². The number of carbonyl (C=O) groups is 4. The van der Waals surface area contributed by atoms with Crippen LogP contribution in [0.5, 0.6) is 0 Å². The van der Waals surface area contributed by atoms with Crippen LogP contribution in [0.1, 0.15) is 257 Å². The van der Waals surface area contributed by atoms with Crippen molar-refractivity contribution in [1.82, 2.24) is 0 Å². The average Bonchev–Trinajstić information content (AvgIpc) is 4.40. The zero-order chi connectivity index (χ0) is 51.3. The van der Waals surface area contributed by atoms with Crippen LogP contribution in [0.3, 0.4) is 0 Å². The fourth-order valence-electron chi connectivity index (χ4n) is 26.5. The first-order valence-corrected chi connectivity index (χ1v) is 35.3. The molecule has 0 N–H and O–H groups in total. The molecule has 6 nitrogen and oxygen atoms in total. The number of hydrogen-bond donors (Lipinski definition) is 0. The Labute approximate surface area is 500 Å². The fourth-order valence-corrected chi connectivity index (χ4v) is 26.5. The molecule has 79 heavy (non-hydrogen) atoms. The number of rotatable bonds is 4. The van der Waals surface area contributed by atoms with Crippen molar-refractivity contribution < 1.29 is 56.3 Å². The number of aldehydes is 4. The molecule has 0 amide bonds. The zero-order valence-corrected chi connectivity index (χ0v) is 52.2. The second-order valence-electron chi connectivity index (χ2n) is 31.9. The molecule has 28 atom stereocenters. The van der Waals surface area contributed by atoms with Gasteiger partial charge in [0.05, 0.1) is 0 Å². The first-order chi connectivity index (χ1) is 37.5. The van der Waals surface area contributed by atoms with Crippen LogP contribution in [0.25, 0.3) is 0 Å². The van der Waals surface area contributed by atoms with Gasteiger partial charge in [-0.25, -0.2) is 0 Å². The van der Waals surface area contributed by atoms with Crippen LogP contribution in [0.15, 0.2) is 0 Å². The Balaban J connectivity index is 0.000000117. The second-order valence-corrected chi connectivity index (χ2v) is 31.9. The van der Waals surface area contributed by atoms with E-state index in [1.807, 2.05) is 0 Å². The molecule has 16 saturated carbocycles. The third-order valence-corrected chi connectivity index (χ3v) is 29.5. The van der Waals surface area contributed by atoms with Crippen LogP contribution in [0.4, 0.5) is 0 Å². The van der Waals surface area contributed by atoms with E-state index in [1.54, 1.807) is 25.7 Å². The van der Waals surface area contributed by atoms with E-state index in [4.69, 9.17) is 0 Å². The Morgan fingerprint density at radius 1 is 0.177 bits per heavy atom. The summed E-state index contributed by atoms with van der Waals surface area (Å²) in [6.45, 7) is 0. The predicted octanol–water partition coefficient (Wildman–Crippen LogP) is 17.6. The molecular weight excluding hydrogens is 1050 g/mol. The molecule has 0 bridgehead atoms. The Kier molecular flexibility index (Phi) is 21.7. The van der Waals surface area contributed by atoms with Gasteiger partial charge in [0.15, 0.2) is 0 Å². The minimum Gasteiger partial charge on any atom is -2.00 e. The van der Waals surface area contributed by atoms with Gasteiger partial charge in [-0.15, -0.1) is 0 Å². The standard InChI is InChI=1S/4C18H28O.2O.Zr/c4*19-11-12-4-7-16-14(10-12)6-9-17-15-3-1-2-13(15)5-8-18(16)17;;;/h4*11-18H,1-10H2;;;/q;;;;2*-2;+4. The van der Waals surface area contributed by atoms with Crippen molar-refractivity contribution in [2.45, 2.75) is 257 Å². The fraction of sp³-hybridized carbons (Fsp3) is 0.944. The summed E-state index contributed by atoms with van der Waals surface area (Å²) in [5.74, 6) is 26.5. The van der Waals surface area contributed by atoms with Crippen molar-refractivity contribution in [2.75, 3.05) is 0 Å². The van der Waals surface area contributed by atoms with Gasteiger partial charge >= 0.3 is 26.2 Å². The van der Waals surface area contributed by atoms with E-state index in [0.717, 1.165) is 142 Å². The van der Waals surface area contributed by atoms with Gasteiger partial charge in [-0.2, -0.15) is 0 Å². The van der Waals surface area contributed by atoms with E-state index in [9.17, 15) is 19.2 Å². The van der Waals surface area contributed by atoms with E-state index >= 15 is 0 Å². The molecule has 16 fully saturated rings. The van der Waals surface area contributed by atoms with Crippen molar-refractivity contribution >= 4 is 25.1 Å². The molecule has 16 rings (SSSR count). The maximum Gasteiger partial charge on any atom is 4.00 e. The summed E-state index contributed by atoms with van der Waals surface area (Å²) in [4.78, 5) is 44.3. The first kappa shape index (κ1) is 61.6. The van der Waals surface area contributed by atoms with Gasteiger partial charge in [-0.3, -0.25) is 0 Å². The van der Waals surface area contributed by atoms with Crippen LogP contribution < -0.4 is 0 Å². The van der Waals surface area contributed by atoms with E-state index in [2.05, 4.69) is 0 Å². The van der Waals surface area contributed by atoms with Crippen molar-refractivity contribution in [3.63, 3.8) is 0 Å². The summed E-state index contributed by atoms with van der Waals surface area (Å²) in [5.41, 5.74) is 0. The molecule has 0 aromatic heterocycles. The second kappa shape index (κ2) is 27.9. The minimum absolute atomic E-state index is 0. The maximum absolute atomic E-state index is 11.1. The van der Waals surface area contributed by atoms with Gasteiger partial charge < -0.3 is 30.1 Å². The normalized spacial score (nSPS) is 50.9. The molecule has 16 aliphatic carbocycles. The number of carbonyl (C=O) groups excluding carboxylic acids is 4. The Bertz CT molecular complexity index is 1690. The van der Waals surface area contributed by atoms with E-state index in [-0.39, 0.29) is 37.2 Å². The van der Waals surface area contributed by atoms with Gasteiger partial charge in [0.2, 0.25) is 0 Å².